The molecule has 0 saturated heterocycles. The molecular weight excluding hydrogens is 360 g/mol. The Balaban J connectivity index is 1.95. The van der Waals surface area contributed by atoms with Crippen molar-refractivity contribution in [3.63, 3.8) is 0 Å². The van der Waals surface area contributed by atoms with Crippen molar-refractivity contribution in [1.82, 2.24) is 5.32 Å². The number of carbonyl (C=O) groups excluding carboxylic acids is 2. The Morgan fingerprint density at radius 3 is 2.54 bits per heavy atom. The first-order valence-corrected chi connectivity index (χ1v) is 8.75. The van der Waals surface area contributed by atoms with Gasteiger partial charge in [-0.05, 0) is 44.2 Å². The van der Waals surface area contributed by atoms with Gasteiger partial charge in [-0.1, -0.05) is 6.07 Å². The molecule has 3 aromatic rings. The van der Waals surface area contributed by atoms with Gasteiger partial charge in [0.1, 0.15) is 11.3 Å². The summed E-state index contributed by atoms with van der Waals surface area (Å²) in [6, 6.07) is 12.6. The largest absolute Gasteiger partial charge is 0.491 e. The first-order valence-electron chi connectivity index (χ1n) is 8.75. The molecule has 1 aromatic heterocycles. The Kier molecular flexibility index (Phi) is 5.44. The average molecular weight is 380 g/mol. The fourth-order valence-electron chi connectivity index (χ4n) is 2.76. The fourth-order valence-corrected chi connectivity index (χ4v) is 2.76. The molecule has 0 radical (unpaired) electrons. The van der Waals surface area contributed by atoms with Crippen LogP contribution >= 0.6 is 0 Å². The highest BCUT2D eigenvalue weighted by atomic mass is 16.5. The number of nitrogens with one attached hydrogen (secondary N) is 2. The molecule has 0 aliphatic heterocycles. The maximum atomic E-state index is 12.8. The number of benzene rings is 2. The minimum Gasteiger partial charge on any atom is -0.491 e. The number of carbonyl (C=O) groups is 2. The summed E-state index contributed by atoms with van der Waals surface area (Å²) in [5, 5.41) is 5.72. The van der Waals surface area contributed by atoms with E-state index in [1.165, 1.54) is 7.05 Å². The molecule has 1 heterocycles. The molecule has 2 aromatic carbocycles. The van der Waals surface area contributed by atoms with Crippen LogP contribution in [0.1, 0.15) is 34.6 Å². The fraction of sp³-hybridized carbons (Fsp3) is 0.190. The topological polar surface area (TPSA) is 97.6 Å². The molecular formula is C21H20N2O5. The van der Waals surface area contributed by atoms with Crippen molar-refractivity contribution in [3.8, 4) is 5.75 Å². The molecule has 0 aliphatic rings. The Hall–Kier alpha value is -3.61. The molecule has 0 spiro atoms. The van der Waals surface area contributed by atoms with Gasteiger partial charge >= 0.3 is 5.63 Å². The highest BCUT2D eigenvalue weighted by molar-refractivity contribution is 6.12. The average Bonchev–Trinajstić information content (AvgIpc) is 2.66. The summed E-state index contributed by atoms with van der Waals surface area (Å²) < 4.78 is 10.8. The smallest absolute Gasteiger partial charge is 0.337 e. The summed E-state index contributed by atoms with van der Waals surface area (Å²) in [4.78, 5) is 36.5. The third-order valence-corrected chi connectivity index (χ3v) is 3.94. The summed E-state index contributed by atoms with van der Waals surface area (Å²) in [6.07, 6.45) is -0.0387. The van der Waals surface area contributed by atoms with Gasteiger partial charge in [-0.2, -0.15) is 0 Å². The van der Waals surface area contributed by atoms with E-state index >= 15 is 0 Å². The van der Waals surface area contributed by atoms with Gasteiger partial charge in [0.05, 0.1) is 11.7 Å². The predicted octanol–water partition coefficient (Wildman–Crippen LogP) is 3.19. The number of ether oxygens (including phenoxy) is 1. The minimum atomic E-state index is -0.640. The van der Waals surface area contributed by atoms with E-state index in [9.17, 15) is 14.4 Å². The van der Waals surface area contributed by atoms with Gasteiger partial charge in [0.2, 0.25) is 0 Å². The van der Waals surface area contributed by atoms with Crippen LogP contribution in [0.15, 0.2) is 57.7 Å². The minimum absolute atomic E-state index is 0.0387. The molecule has 2 N–H and O–H groups in total. The molecule has 7 heteroatoms. The van der Waals surface area contributed by atoms with Gasteiger partial charge in [0, 0.05) is 35.8 Å². The lowest BCUT2D eigenvalue weighted by molar-refractivity contribution is 0.0961. The van der Waals surface area contributed by atoms with Gasteiger partial charge in [-0.3, -0.25) is 9.59 Å². The van der Waals surface area contributed by atoms with Gasteiger partial charge in [-0.15, -0.1) is 0 Å². The third kappa shape index (κ3) is 4.20. The zero-order chi connectivity index (χ0) is 20.3. The molecule has 7 nitrogen and oxygen atoms in total. The Morgan fingerprint density at radius 2 is 1.82 bits per heavy atom. The van der Waals surface area contributed by atoms with Crippen LogP contribution in [0.3, 0.4) is 0 Å². The number of amides is 2. The molecule has 0 unspecified atom stereocenters. The van der Waals surface area contributed by atoms with Crippen molar-refractivity contribution in [2.24, 2.45) is 0 Å². The van der Waals surface area contributed by atoms with Crippen molar-refractivity contribution < 1.29 is 18.7 Å². The van der Waals surface area contributed by atoms with Crippen LogP contribution in [-0.2, 0) is 0 Å². The lowest BCUT2D eigenvalue weighted by atomic mass is 10.1. The van der Waals surface area contributed by atoms with E-state index in [1.807, 2.05) is 13.8 Å². The molecule has 28 heavy (non-hydrogen) atoms. The van der Waals surface area contributed by atoms with Gasteiger partial charge < -0.3 is 19.8 Å². The predicted molar refractivity (Wildman–Crippen MR) is 106 cm³/mol. The summed E-state index contributed by atoms with van der Waals surface area (Å²) >= 11 is 0. The normalized spacial score (nSPS) is 10.7. The van der Waals surface area contributed by atoms with E-state index in [2.05, 4.69) is 10.6 Å². The Labute approximate surface area is 161 Å². The van der Waals surface area contributed by atoms with E-state index in [0.717, 1.165) is 6.07 Å². The molecule has 144 valence electrons. The van der Waals surface area contributed by atoms with E-state index in [4.69, 9.17) is 9.15 Å². The summed E-state index contributed by atoms with van der Waals surface area (Å²) in [5.74, 6) is -0.203. The second kappa shape index (κ2) is 7.96. The number of hydrogen-bond acceptors (Lipinski definition) is 5. The van der Waals surface area contributed by atoms with Crippen LogP contribution in [0, 0.1) is 0 Å². The van der Waals surface area contributed by atoms with E-state index in [1.54, 1.807) is 42.5 Å². The Bertz CT molecular complexity index is 1100. The van der Waals surface area contributed by atoms with Crippen molar-refractivity contribution in [2.45, 2.75) is 20.0 Å². The van der Waals surface area contributed by atoms with Crippen LogP contribution in [0.25, 0.3) is 11.0 Å². The lowest BCUT2D eigenvalue weighted by Crippen LogP contribution is -2.19. The summed E-state index contributed by atoms with van der Waals surface area (Å²) in [7, 11) is 1.53. The van der Waals surface area contributed by atoms with Gasteiger partial charge in [0.25, 0.3) is 11.8 Å². The first kappa shape index (κ1) is 19.2. The van der Waals surface area contributed by atoms with Gasteiger partial charge in [-0.25, -0.2) is 4.79 Å². The zero-order valence-corrected chi connectivity index (χ0v) is 15.7. The Morgan fingerprint density at radius 1 is 1.04 bits per heavy atom. The van der Waals surface area contributed by atoms with E-state index in [0.29, 0.717) is 22.4 Å². The maximum Gasteiger partial charge on any atom is 0.337 e. The lowest BCUT2D eigenvalue weighted by Gasteiger charge is -2.11. The second-order valence-corrected chi connectivity index (χ2v) is 6.42. The number of rotatable bonds is 5. The SMILES string of the molecule is CNC(=O)c1cccc(NC(=O)c2cc(=O)oc3cc(OC(C)C)ccc23)c1. The first-order chi connectivity index (χ1) is 13.4. The monoisotopic (exact) mass is 380 g/mol. The highest BCUT2D eigenvalue weighted by Crippen LogP contribution is 2.24. The van der Waals surface area contributed by atoms with Crippen LogP contribution in [0.5, 0.6) is 5.75 Å². The van der Waals surface area contributed by atoms with E-state index < -0.39 is 11.5 Å². The number of hydrogen-bond donors (Lipinski definition) is 2. The highest BCUT2D eigenvalue weighted by Gasteiger charge is 2.15. The van der Waals surface area contributed by atoms with E-state index in [-0.39, 0.29) is 23.2 Å². The standard InChI is InChI=1S/C21H20N2O5/c1-12(2)27-15-7-8-16-17(11-19(24)28-18(16)10-15)21(26)23-14-6-4-5-13(9-14)20(25)22-3/h4-12H,1-3H3,(H,22,25)(H,23,26). The van der Waals surface area contributed by atoms with Crippen LogP contribution in [-0.4, -0.2) is 25.0 Å². The second-order valence-electron chi connectivity index (χ2n) is 6.42. The molecule has 2 amide bonds. The molecule has 0 aliphatic carbocycles. The van der Waals surface area contributed by atoms with Crippen LogP contribution in [0.2, 0.25) is 0 Å². The molecule has 0 bridgehead atoms. The summed E-state index contributed by atoms with van der Waals surface area (Å²) in [5.41, 5.74) is 0.640. The molecule has 3 rings (SSSR count). The zero-order valence-electron chi connectivity index (χ0n) is 15.7. The van der Waals surface area contributed by atoms with Gasteiger partial charge in [0.15, 0.2) is 0 Å². The third-order valence-electron chi connectivity index (χ3n) is 3.94. The van der Waals surface area contributed by atoms with Crippen LogP contribution in [0.4, 0.5) is 5.69 Å². The molecule has 0 fully saturated rings. The van der Waals surface area contributed by atoms with Crippen molar-refractivity contribution >= 4 is 28.5 Å². The number of fused-ring (bicyclic) bond motifs is 1. The van der Waals surface area contributed by atoms with Crippen molar-refractivity contribution in [2.75, 3.05) is 12.4 Å². The van der Waals surface area contributed by atoms with Crippen molar-refractivity contribution in [1.29, 1.82) is 0 Å². The summed E-state index contributed by atoms with van der Waals surface area (Å²) in [6.45, 7) is 3.77. The van der Waals surface area contributed by atoms with Crippen molar-refractivity contribution in [3.05, 3.63) is 70.1 Å². The number of anilines is 1. The molecule has 0 atom stereocenters. The maximum absolute atomic E-state index is 12.8. The molecule has 0 saturated carbocycles. The van der Waals surface area contributed by atoms with Crippen LogP contribution < -0.4 is 21.0 Å². The quantitative estimate of drug-likeness (QED) is 0.663.